The zero-order valence-electron chi connectivity index (χ0n) is 7.15. The number of imidazole rings is 1. The molecule has 4 nitrogen and oxygen atoms in total. The Morgan fingerprint density at radius 2 is 2.38 bits per heavy atom. The molecule has 0 atom stereocenters. The van der Waals surface area contributed by atoms with Gasteiger partial charge >= 0.3 is 0 Å². The van der Waals surface area contributed by atoms with Crippen LogP contribution in [-0.2, 0) is 0 Å². The lowest BCUT2D eigenvalue weighted by atomic mass is 10.2. The third-order valence-corrected chi connectivity index (χ3v) is 2.00. The lowest BCUT2D eigenvalue weighted by Crippen LogP contribution is -1.95. The number of rotatable bonds is 0. The van der Waals surface area contributed by atoms with Crippen molar-refractivity contribution >= 4 is 11.5 Å². The van der Waals surface area contributed by atoms with Crippen molar-refractivity contribution in [3.05, 3.63) is 29.6 Å². The summed E-state index contributed by atoms with van der Waals surface area (Å²) in [6, 6.07) is 3.94. The fourth-order valence-electron chi connectivity index (χ4n) is 1.26. The number of anilines is 1. The number of fused-ring (bicyclic) bond motifs is 1. The molecule has 13 heavy (non-hydrogen) atoms. The third-order valence-electron chi connectivity index (χ3n) is 2.00. The predicted octanol–water partition coefficient (Wildman–Crippen LogP) is 1.10. The van der Waals surface area contributed by atoms with Crippen molar-refractivity contribution in [2.24, 2.45) is 0 Å². The Bertz CT molecular complexity index is 504. The lowest BCUT2D eigenvalue weighted by molar-refractivity contribution is 1.16. The van der Waals surface area contributed by atoms with E-state index < -0.39 is 0 Å². The van der Waals surface area contributed by atoms with Gasteiger partial charge in [-0.05, 0) is 18.6 Å². The molecule has 0 aliphatic rings. The van der Waals surface area contributed by atoms with Gasteiger partial charge in [-0.3, -0.25) is 4.40 Å². The minimum atomic E-state index is 0.548. The smallest absolute Gasteiger partial charge is 0.138 e. The van der Waals surface area contributed by atoms with Crippen LogP contribution in [0.15, 0.2) is 18.5 Å². The molecule has 0 aliphatic heterocycles. The van der Waals surface area contributed by atoms with E-state index in [1.165, 1.54) is 0 Å². The number of nitrogens with two attached hydrogens (primary N) is 1. The molecule has 64 valence electrons. The van der Waals surface area contributed by atoms with Gasteiger partial charge in [0.25, 0.3) is 0 Å². The van der Waals surface area contributed by atoms with Crippen LogP contribution >= 0.6 is 0 Å². The van der Waals surface area contributed by atoms with Gasteiger partial charge in [0.15, 0.2) is 0 Å². The van der Waals surface area contributed by atoms with Crippen LogP contribution in [0.5, 0.6) is 0 Å². The zero-order chi connectivity index (χ0) is 9.42. The second-order valence-electron chi connectivity index (χ2n) is 2.89. The molecule has 2 rings (SSSR count). The van der Waals surface area contributed by atoms with E-state index in [0.29, 0.717) is 11.4 Å². The average molecular weight is 172 g/mol. The minimum Gasteiger partial charge on any atom is -0.383 e. The van der Waals surface area contributed by atoms with E-state index in [9.17, 15) is 0 Å². The third kappa shape index (κ3) is 1.02. The summed E-state index contributed by atoms with van der Waals surface area (Å²) < 4.78 is 1.70. The van der Waals surface area contributed by atoms with Crippen LogP contribution in [0.2, 0.25) is 0 Å². The molecular formula is C9H8N4. The number of nitrogen functional groups attached to an aromatic ring is 1. The first kappa shape index (κ1) is 7.62. The predicted molar refractivity (Wildman–Crippen MR) is 49.1 cm³/mol. The molecule has 0 aromatic carbocycles. The molecule has 0 bridgehead atoms. The molecule has 2 heterocycles. The highest BCUT2D eigenvalue weighted by atomic mass is 15.1. The largest absolute Gasteiger partial charge is 0.383 e. The van der Waals surface area contributed by atoms with Crippen LogP contribution in [0.25, 0.3) is 5.65 Å². The van der Waals surface area contributed by atoms with Crippen molar-refractivity contribution in [3.63, 3.8) is 0 Å². The molecule has 0 amide bonds. The van der Waals surface area contributed by atoms with Crippen molar-refractivity contribution in [1.29, 1.82) is 5.26 Å². The van der Waals surface area contributed by atoms with Crippen molar-refractivity contribution in [1.82, 2.24) is 9.38 Å². The fraction of sp³-hybridized carbons (Fsp3) is 0.111. The van der Waals surface area contributed by atoms with Gasteiger partial charge in [-0.15, -0.1) is 0 Å². The van der Waals surface area contributed by atoms with E-state index in [1.807, 2.05) is 13.0 Å². The molecule has 2 aromatic rings. The highest BCUT2D eigenvalue weighted by Crippen LogP contribution is 2.13. The average Bonchev–Trinajstić information content (AvgIpc) is 2.46. The molecule has 2 aromatic heterocycles. The Morgan fingerprint density at radius 1 is 1.62 bits per heavy atom. The van der Waals surface area contributed by atoms with Gasteiger partial charge in [-0.25, -0.2) is 4.98 Å². The molecule has 0 spiro atoms. The first-order chi connectivity index (χ1) is 6.22. The number of hydrogen-bond acceptors (Lipinski definition) is 3. The summed E-state index contributed by atoms with van der Waals surface area (Å²) in [5.74, 6) is 0.548. The maximum absolute atomic E-state index is 8.78. The van der Waals surface area contributed by atoms with E-state index in [1.54, 1.807) is 16.8 Å². The van der Waals surface area contributed by atoms with E-state index in [2.05, 4.69) is 11.1 Å². The van der Waals surface area contributed by atoms with Crippen molar-refractivity contribution in [3.8, 4) is 6.07 Å². The van der Waals surface area contributed by atoms with Crippen LogP contribution in [0.3, 0.4) is 0 Å². The van der Waals surface area contributed by atoms with Gasteiger partial charge in [-0.1, -0.05) is 0 Å². The summed E-state index contributed by atoms with van der Waals surface area (Å²) in [6.45, 7) is 1.88. The zero-order valence-corrected chi connectivity index (χ0v) is 7.15. The summed E-state index contributed by atoms with van der Waals surface area (Å²) in [5.41, 5.74) is 7.95. The summed E-state index contributed by atoms with van der Waals surface area (Å²) in [7, 11) is 0. The maximum atomic E-state index is 8.78. The topological polar surface area (TPSA) is 67.1 Å². The molecule has 0 unspecified atom stereocenters. The highest BCUT2D eigenvalue weighted by Gasteiger charge is 2.03. The number of nitriles is 1. The second kappa shape index (κ2) is 2.49. The summed E-state index contributed by atoms with van der Waals surface area (Å²) >= 11 is 0. The van der Waals surface area contributed by atoms with Gasteiger partial charge in [0.2, 0.25) is 0 Å². The Labute approximate surface area is 75.2 Å². The van der Waals surface area contributed by atoms with Gasteiger partial charge < -0.3 is 5.73 Å². The standard InChI is InChI=1S/C9H8N4/c1-6-2-9-12-4-8(11)13(9)5-7(6)3-10/h2,4-5H,11H2,1H3. The van der Waals surface area contributed by atoms with E-state index in [4.69, 9.17) is 11.0 Å². The quantitative estimate of drug-likeness (QED) is 0.647. The van der Waals surface area contributed by atoms with Crippen molar-refractivity contribution < 1.29 is 0 Å². The molecule has 0 aliphatic carbocycles. The molecule has 0 fully saturated rings. The molecule has 2 N–H and O–H groups in total. The van der Waals surface area contributed by atoms with Crippen LogP contribution in [0.1, 0.15) is 11.1 Å². The summed E-state index contributed by atoms with van der Waals surface area (Å²) in [6.07, 6.45) is 3.28. The minimum absolute atomic E-state index is 0.548. The van der Waals surface area contributed by atoms with Crippen LogP contribution in [-0.4, -0.2) is 9.38 Å². The summed E-state index contributed by atoms with van der Waals surface area (Å²) in [5, 5.41) is 8.78. The Hall–Kier alpha value is -2.02. The normalized spacial score (nSPS) is 10.2. The number of nitrogens with zero attached hydrogens (tertiary/aromatic N) is 3. The molecule has 0 saturated heterocycles. The molecule has 0 radical (unpaired) electrons. The van der Waals surface area contributed by atoms with Gasteiger partial charge in [0.05, 0.1) is 11.8 Å². The first-order valence-electron chi connectivity index (χ1n) is 3.85. The number of pyridine rings is 1. The number of aromatic nitrogens is 2. The van der Waals surface area contributed by atoms with Crippen LogP contribution in [0, 0.1) is 18.3 Å². The van der Waals surface area contributed by atoms with Gasteiger partial charge in [-0.2, -0.15) is 5.26 Å². The molecule has 0 saturated carbocycles. The Morgan fingerprint density at radius 3 is 3.08 bits per heavy atom. The maximum Gasteiger partial charge on any atom is 0.138 e. The molecule has 4 heteroatoms. The monoisotopic (exact) mass is 172 g/mol. The van der Waals surface area contributed by atoms with E-state index in [0.717, 1.165) is 11.2 Å². The van der Waals surface area contributed by atoms with Crippen molar-refractivity contribution in [2.75, 3.05) is 5.73 Å². The SMILES string of the molecule is Cc1cc2ncc(N)n2cc1C#N. The lowest BCUT2D eigenvalue weighted by Gasteiger charge is -1.99. The van der Waals surface area contributed by atoms with Crippen molar-refractivity contribution in [2.45, 2.75) is 6.92 Å². The van der Waals surface area contributed by atoms with Crippen LogP contribution in [0.4, 0.5) is 5.82 Å². The Balaban J connectivity index is 2.86. The first-order valence-corrected chi connectivity index (χ1v) is 3.85. The summed E-state index contributed by atoms with van der Waals surface area (Å²) in [4.78, 5) is 4.08. The molecular weight excluding hydrogens is 164 g/mol. The van der Waals surface area contributed by atoms with Crippen LogP contribution < -0.4 is 5.73 Å². The Kier molecular flexibility index (Phi) is 1.46. The number of aryl methyl sites for hydroxylation is 1. The van der Waals surface area contributed by atoms with E-state index in [-0.39, 0.29) is 0 Å². The second-order valence-corrected chi connectivity index (χ2v) is 2.89. The van der Waals surface area contributed by atoms with Gasteiger partial charge in [0, 0.05) is 6.20 Å². The highest BCUT2D eigenvalue weighted by molar-refractivity contribution is 5.53. The van der Waals surface area contributed by atoms with E-state index >= 15 is 0 Å². The number of hydrogen-bond donors (Lipinski definition) is 1. The fourth-order valence-corrected chi connectivity index (χ4v) is 1.26. The van der Waals surface area contributed by atoms with Gasteiger partial charge in [0.1, 0.15) is 17.5 Å².